The van der Waals surface area contributed by atoms with Crippen molar-refractivity contribution in [1.29, 1.82) is 0 Å². The van der Waals surface area contributed by atoms with Crippen LogP contribution in [0.2, 0.25) is 0 Å². The fourth-order valence-electron chi connectivity index (χ4n) is 2.31. The first-order chi connectivity index (χ1) is 12.7. The molecule has 3 aromatic heterocycles. The molecule has 3 aromatic rings. The lowest BCUT2D eigenvalue weighted by Crippen LogP contribution is -2.28. The minimum Gasteiger partial charge on any atom is -0.347 e. The van der Waals surface area contributed by atoms with E-state index >= 15 is 0 Å². The fourth-order valence-corrected chi connectivity index (χ4v) is 3.11. The zero-order chi connectivity index (χ0) is 18.4. The highest BCUT2D eigenvalue weighted by molar-refractivity contribution is 8.00. The molecule has 0 spiro atoms. The second-order valence-electron chi connectivity index (χ2n) is 5.55. The first-order valence-electron chi connectivity index (χ1n) is 8.28. The number of hydrogen-bond donors (Lipinski definition) is 1. The molecule has 1 amide bonds. The van der Waals surface area contributed by atoms with Crippen molar-refractivity contribution in [2.24, 2.45) is 0 Å². The van der Waals surface area contributed by atoms with Crippen LogP contribution in [0.4, 0.5) is 0 Å². The molecule has 3 rings (SSSR count). The first-order valence-corrected chi connectivity index (χ1v) is 9.27. The zero-order valence-electron chi connectivity index (χ0n) is 14.5. The van der Waals surface area contributed by atoms with E-state index in [-0.39, 0.29) is 17.7 Å². The van der Waals surface area contributed by atoms with Crippen LogP contribution in [0.25, 0.3) is 11.4 Å². The summed E-state index contributed by atoms with van der Waals surface area (Å²) in [4.78, 5) is 25.2. The summed E-state index contributed by atoms with van der Waals surface area (Å²) in [6.07, 6.45) is 4.06. The summed E-state index contributed by atoms with van der Waals surface area (Å²) in [5, 5.41) is 7.62. The van der Waals surface area contributed by atoms with Gasteiger partial charge in [0.25, 0.3) is 0 Å². The lowest BCUT2D eigenvalue weighted by Gasteiger charge is -2.13. The third-order valence-electron chi connectivity index (χ3n) is 3.63. The number of thioether (sulfide) groups is 1. The summed E-state index contributed by atoms with van der Waals surface area (Å²) in [6.45, 7) is 3.85. The summed E-state index contributed by atoms with van der Waals surface area (Å²) in [6, 6.07) is 9.15. The molecule has 0 aliphatic rings. The van der Waals surface area contributed by atoms with Gasteiger partial charge in [0, 0.05) is 18.8 Å². The maximum absolute atomic E-state index is 12.3. The second kappa shape index (κ2) is 8.57. The van der Waals surface area contributed by atoms with Gasteiger partial charge in [-0.05, 0) is 31.2 Å². The molecule has 134 valence electrons. The maximum atomic E-state index is 12.3. The predicted molar refractivity (Wildman–Crippen MR) is 98.4 cm³/mol. The number of aromatic nitrogens is 4. The van der Waals surface area contributed by atoms with E-state index in [9.17, 15) is 4.79 Å². The SMILES string of the molecule is CCc1nc(-c2cccnc2SCC(=O)N[C@H](C)c2ccccn2)no1. The van der Waals surface area contributed by atoms with Gasteiger partial charge in [-0.3, -0.25) is 9.78 Å². The van der Waals surface area contributed by atoms with Gasteiger partial charge in [-0.15, -0.1) is 0 Å². The number of pyridine rings is 2. The highest BCUT2D eigenvalue weighted by Crippen LogP contribution is 2.27. The van der Waals surface area contributed by atoms with Crippen molar-refractivity contribution in [1.82, 2.24) is 25.4 Å². The Morgan fingerprint density at radius 1 is 1.23 bits per heavy atom. The standard InChI is InChI=1S/C18H19N5O2S/c1-3-16-22-17(23-25-16)13-7-6-10-20-18(13)26-11-15(24)21-12(2)14-8-4-5-9-19-14/h4-10,12H,3,11H2,1-2H3,(H,21,24)/t12-/m1/s1. The number of amides is 1. The number of aryl methyl sites for hydroxylation is 1. The molecule has 8 heteroatoms. The number of carbonyl (C=O) groups is 1. The van der Waals surface area contributed by atoms with Crippen LogP contribution < -0.4 is 5.32 Å². The molecule has 0 aromatic carbocycles. The van der Waals surface area contributed by atoms with Crippen LogP contribution in [-0.2, 0) is 11.2 Å². The van der Waals surface area contributed by atoms with Gasteiger partial charge >= 0.3 is 0 Å². The topological polar surface area (TPSA) is 93.8 Å². The highest BCUT2D eigenvalue weighted by Gasteiger charge is 2.15. The van der Waals surface area contributed by atoms with Crippen molar-refractivity contribution in [2.75, 3.05) is 5.75 Å². The van der Waals surface area contributed by atoms with Gasteiger partial charge in [0.15, 0.2) is 0 Å². The lowest BCUT2D eigenvalue weighted by molar-refractivity contribution is -0.119. The van der Waals surface area contributed by atoms with Crippen LogP contribution in [-0.4, -0.2) is 31.8 Å². The van der Waals surface area contributed by atoms with Gasteiger partial charge in [-0.25, -0.2) is 4.98 Å². The number of rotatable bonds is 7. The summed E-state index contributed by atoms with van der Waals surface area (Å²) in [7, 11) is 0. The quantitative estimate of drug-likeness (QED) is 0.640. The van der Waals surface area contributed by atoms with Crippen LogP contribution in [0.5, 0.6) is 0 Å². The molecule has 0 saturated carbocycles. The number of nitrogens with zero attached hydrogens (tertiary/aromatic N) is 4. The number of hydrogen-bond acceptors (Lipinski definition) is 7. The Morgan fingerprint density at radius 2 is 2.08 bits per heavy atom. The Kier molecular flexibility index (Phi) is 5.96. The fraction of sp³-hybridized carbons (Fsp3) is 0.278. The predicted octanol–water partition coefficient (Wildman–Crippen LogP) is 3.06. The third kappa shape index (κ3) is 4.45. The molecular weight excluding hydrogens is 350 g/mol. The molecule has 0 fully saturated rings. The Morgan fingerprint density at radius 3 is 2.81 bits per heavy atom. The maximum Gasteiger partial charge on any atom is 0.230 e. The molecule has 1 N–H and O–H groups in total. The van der Waals surface area contributed by atoms with E-state index in [4.69, 9.17) is 4.52 Å². The van der Waals surface area contributed by atoms with Gasteiger partial charge in [0.2, 0.25) is 17.6 Å². The summed E-state index contributed by atoms with van der Waals surface area (Å²) >= 11 is 1.34. The smallest absolute Gasteiger partial charge is 0.230 e. The molecular formula is C18H19N5O2S. The molecule has 0 unspecified atom stereocenters. The summed E-state index contributed by atoms with van der Waals surface area (Å²) in [5.74, 6) is 1.20. The molecule has 0 bridgehead atoms. The van der Waals surface area contributed by atoms with E-state index in [1.165, 1.54) is 11.8 Å². The summed E-state index contributed by atoms with van der Waals surface area (Å²) < 4.78 is 5.17. The van der Waals surface area contributed by atoms with Gasteiger partial charge in [0.1, 0.15) is 5.03 Å². The Hall–Kier alpha value is -2.74. The minimum absolute atomic E-state index is 0.0906. The van der Waals surface area contributed by atoms with Gasteiger partial charge in [-0.1, -0.05) is 29.9 Å². The Balaban J connectivity index is 1.63. The molecule has 7 nitrogen and oxygen atoms in total. The largest absolute Gasteiger partial charge is 0.347 e. The van der Waals surface area contributed by atoms with E-state index < -0.39 is 0 Å². The normalized spacial score (nSPS) is 11.9. The van der Waals surface area contributed by atoms with Crippen LogP contribution in [0, 0.1) is 0 Å². The van der Waals surface area contributed by atoms with Crippen LogP contribution in [0.3, 0.4) is 0 Å². The third-order valence-corrected chi connectivity index (χ3v) is 4.64. The van der Waals surface area contributed by atoms with Gasteiger partial charge in [-0.2, -0.15) is 4.98 Å². The Labute approximate surface area is 155 Å². The monoisotopic (exact) mass is 369 g/mol. The van der Waals surface area contributed by atoms with E-state index in [1.54, 1.807) is 12.4 Å². The molecule has 0 aliphatic heterocycles. The molecule has 0 radical (unpaired) electrons. The van der Waals surface area contributed by atoms with Gasteiger partial charge < -0.3 is 9.84 Å². The van der Waals surface area contributed by atoms with Crippen LogP contribution in [0.15, 0.2) is 52.3 Å². The van der Waals surface area contributed by atoms with Crippen molar-refractivity contribution in [3.05, 3.63) is 54.3 Å². The number of carbonyl (C=O) groups excluding carboxylic acids is 1. The molecule has 0 saturated heterocycles. The van der Waals surface area contributed by atoms with Crippen molar-refractivity contribution in [3.63, 3.8) is 0 Å². The molecule has 0 aliphatic carbocycles. The second-order valence-corrected chi connectivity index (χ2v) is 6.52. The van der Waals surface area contributed by atoms with E-state index in [0.29, 0.717) is 23.2 Å². The number of nitrogens with one attached hydrogen (secondary N) is 1. The average Bonchev–Trinajstić information content (AvgIpc) is 3.16. The molecule has 1 atom stereocenters. The van der Waals surface area contributed by atoms with Crippen molar-refractivity contribution in [2.45, 2.75) is 31.3 Å². The van der Waals surface area contributed by atoms with E-state index in [2.05, 4.69) is 25.4 Å². The average molecular weight is 369 g/mol. The van der Waals surface area contributed by atoms with Crippen LogP contribution >= 0.6 is 11.8 Å². The molecule has 3 heterocycles. The lowest BCUT2D eigenvalue weighted by atomic mass is 10.2. The van der Waals surface area contributed by atoms with Crippen molar-refractivity contribution in [3.8, 4) is 11.4 Å². The zero-order valence-corrected chi connectivity index (χ0v) is 15.4. The molecule has 26 heavy (non-hydrogen) atoms. The summed E-state index contributed by atoms with van der Waals surface area (Å²) in [5.41, 5.74) is 1.58. The Bertz CT molecular complexity index is 869. The first kappa shape index (κ1) is 18.1. The van der Waals surface area contributed by atoms with Crippen LogP contribution in [0.1, 0.15) is 31.5 Å². The van der Waals surface area contributed by atoms with Crippen molar-refractivity contribution < 1.29 is 9.32 Å². The van der Waals surface area contributed by atoms with E-state index in [1.807, 2.05) is 44.2 Å². The minimum atomic E-state index is -0.156. The van der Waals surface area contributed by atoms with Crippen molar-refractivity contribution >= 4 is 17.7 Å². The van der Waals surface area contributed by atoms with E-state index in [0.717, 1.165) is 11.3 Å². The van der Waals surface area contributed by atoms with Gasteiger partial charge in [0.05, 0.1) is 23.1 Å². The highest BCUT2D eigenvalue weighted by atomic mass is 32.2.